The molecule has 2 aromatic heterocycles. The number of nitrogens with one attached hydrogen (secondary N) is 2. The van der Waals surface area contributed by atoms with Crippen LogP contribution in [0, 0.1) is 0 Å². The van der Waals surface area contributed by atoms with Gasteiger partial charge in [-0.2, -0.15) is 13.2 Å². The lowest BCUT2D eigenvalue weighted by Crippen LogP contribution is -2.18. The molecule has 0 saturated heterocycles. The van der Waals surface area contributed by atoms with E-state index in [0.717, 1.165) is 12.5 Å². The van der Waals surface area contributed by atoms with E-state index in [1.54, 1.807) is 6.07 Å². The van der Waals surface area contributed by atoms with Gasteiger partial charge in [0.1, 0.15) is 28.9 Å². The zero-order chi connectivity index (χ0) is 20.3. The number of alkyl halides is 3. The monoisotopic (exact) mass is 390 g/mol. The minimum Gasteiger partial charge on any atom is -0.368 e. The summed E-state index contributed by atoms with van der Waals surface area (Å²) in [6, 6.07) is 5.58. The highest BCUT2D eigenvalue weighted by molar-refractivity contribution is 6.04. The van der Waals surface area contributed by atoms with Crippen LogP contribution in [0.4, 0.5) is 24.8 Å². The summed E-state index contributed by atoms with van der Waals surface area (Å²) in [7, 11) is 0. The standard InChI is InChI=1S/C19H21F3N6/c1-11(2)23-16-10-17(26-15-9-4-6-12(3)24-15)28-18(27-16)13-7-5-8-14(25-13)19(20,21)22/h4-5,7-12H,6H2,1-3H3,(H2,23,24,26,27,28). The first-order chi connectivity index (χ1) is 13.2. The molecule has 0 fully saturated rings. The highest BCUT2D eigenvalue weighted by Gasteiger charge is 2.32. The summed E-state index contributed by atoms with van der Waals surface area (Å²) >= 11 is 0. The van der Waals surface area contributed by atoms with Gasteiger partial charge in [0.25, 0.3) is 0 Å². The topological polar surface area (TPSA) is 75.1 Å². The Morgan fingerprint density at radius 1 is 1.11 bits per heavy atom. The van der Waals surface area contributed by atoms with Gasteiger partial charge >= 0.3 is 6.18 Å². The number of nitrogens with zero attached hydrogens (tertiary/aromatic N) is 4. The predicted octanol–water partition coefficient (Wildman–Crippen LogP) is 4.54. The van der Waals surface area contributed by atoms with E-state index in [-0.39, 0.29) is 23.6 Å². The predicted molar refractivity (Wildman–Crippen MR) is 103 cm³/mol. The van der Waals surface area contributed by atoms with E-state index in [0.29, 0.717) is 17.5 Å². The molecule has 0 aromatic carbocycles. The van der Waals surface area contributed by atoms with E-state index in [1.165, 1.54) is 12.1 Å². The van der Waals surface area contributed by atoms with Gasteiger partial charge in [-0.1, -0.05) is 12.1 Å². The molecule has 1 aliphatic rings. The van der Waals surface area contributed by atoms with E-state index < -0.39 is 11.9 Å². The fourth-order valence-electron chi connectivity index (χ4n) is 2.63. The van der Waals surface area contributed by atoms with Gasteiger partial charge in [0, 0.05) is 12.1 Å². The second-order valence-electron chi connectivity index (χ2n) is 6.79. The van der Waals surface area contributed by atoms with Crippen LogP contribution in [0.1, 0.15) is 32.9 Å². The molecular formula is C19H21F3N6. The summed E-state index contributed by atoms with van der Waals surface area (Å²) in [6.45, 7) is 5.87. The summed E-state index contributed by atoms with van der Waals surface area (Å²) in [5, 5.41) is 6.25. The Morgan fingerprint density at radius 2 is 1.86 bits per heavy atom. The van der Waals surface area contributed by atoms with E-state index in [9.17, 15) is 13.2 Å². The maximum atomic E-state index is 13.0. The Morgan fingerprint density at radius 3 is 2.54 bits per heavy atom. The van der Waals surface area contributed by atoms with Crippen LogP contribution in [0.5, 0.6) is 0 Å². The second-order valence-corrected chi connectivity index (χ2v) is 6.79. The quantitative estimate of drug-likeness (QED) is 0.802. The first-order valence-corrected chi connectivity index (χ1v) is 8.92. The molecule has 3 rings (SSSR count). The third kappa shape index (κ3) is 5.05. The highest BCUT2D eigenvalue weighted by Crippen LogP contribution is 2.29. The van der Waals surface area contributed by atoms with Crippen molar-refractivity contribution in [1.82, 2.24) is 15.0 Å². The van der Waals surface area contributed by atoms with E-state index in [2.05, 4.69) is 30.6 Å². The summed E-state index contributed by atoms with van der Waals surface area (Å²) in [5.74, 6) is 1.63. The maximum absolute atomic E-state index is 13.0. The number of halogens is 3. The molecule has 9 heteroatoms. The number of hydrogen-bond acceptors (Lipinski definition) is 6. The van der Waals surface area contributed by atoms with Crippen LogP contribution in [0.25, 0.3) is 11.5 Å². The second kappa shape index (κ2) is 7.95. The van der Waals surface area contributed by atoms with E-state index in [1.807, 2.05) is 32.9 Å². The average Bonchev–Trinajstić information content (AvgIpc) is 2.60. The van der Waals surface area contributed by atoms with Gasteiger partial charge in [-0.3, -0.25) is 4.99 Å². The first-order valence-electron chi connectivity index (χ1n) is 8.92. The molecule has 0 spiro atoms. The average molecular weight is 390 g/mol. The molecule has 148 valence electrons. The molecular weight excluding hydrogens is 369 g/mol. The summed E-state index contributed by atoms with van der Waals surface area (Å²) in [6.07, 6.45) is 0.167. The molecule has 0 saturated carbocycles. The van der Waals surface area contributed by atoms with Crippen LogP contribution in [0.2, 0.25) is 0 Å². The van der Waals surface area contributed by atoms with Crippen LogP contribution in [0.3, 0.4) is 0 Å². The molecule has 0 bridgehead atoms. The van der Waals surface area contributed by atoms with Gasteiger partial charge in [0.2, 0.25) is 0 Å². The Hall–Kier alpha value is -2.97. The van der Waals surface area contributed by atoms with Crippen LogP contribution in [-0.2, 0) is 6.18 Å². The largest absolute Gasteiger partial charge is 0.433 e. The van der Waals surface area contributed by atoms with Crippen LogP contribution in [-0.4, -0.2) is 32.9 Å². The van der Waals surface area contributed by atoms with E-state index >= 15 is 0 Å². The zero-order valence-electron chi connectivity index (χ0n) is 15.7. The lowest BCUT2D eigenvalue weighted by atomic mass is 10.2. The van der Waals surface area contributed by atoms with Crippen LogP contribution >= 0.6 is 0 Å². The smallest absolute Gasteiger partial charge is 0.368 e. The van der Waals surface area contributed by atoms with Crippen molar-refractivity contribution in [1.29, 1.82) is 0 Å². The number of hydrogen-bond donors (Lipinski definition) is 2. The molecule has 6 nitrogen and oxygen atoms in total. The number of aliphatic imine (C=N–C) groups is 1. The lowest BCUT2D eigenvalue weighted by molar-refractivity contribution is -0.141. The molecule has 1 atom stereocenters. The summed E-state index contributed by atoms with van der Waals surface area (Å²) in [5.41, 5.74) is -0.946. The van der Waals surface area contributed by atoms with Crippen molar-refractivity contribution in [2.24, 2.45) is 4.99 Å². The SMILES string of the molecule is CC1CC=CC(Nc2cc(NC(C)C)nc(-c3cccc(C(F)(F)F)n3)n2)=N1. The molecule has 2 aromatic rings. The van der Waals surface area contributed by atoms with Crippen molar-refractivity contribution in [3.05, 3.63) is 42.1 Å². The molecule has 1 unspecified atom stereocenters. The number of amidine groups is 1. The molecule has 0 amide bonds. The van der Waals surface area contributed by atoms with E-state index in [4.69, 9.17) is 0 Å². The van der Waals surface area contributed by atoms with Crippen molar-refractivity contribution < 1.29 is 13.2 Å². The molecule has 1 aliphatic heterocycles. The normalized spacial score (nSPS) is 16.8. The molecule has 0 radical (unpaired) electrons. The van der Waals surface area contributed by atoms with Crippen LogP contribution in [0.15, 0.2) is 41.4 Å². The van der Waals surface area contributed by atoms with Gasteiger partial charge in [-0.25, -0.2) is 15.0 Å². The fourth-order valence-corrected chi connectivity index (χ4v) is 2.63. The number of dihydropyridines is 1. The van der Waals surface area contributed by atoms with Crippen LogP contribution < -0.4 is 10.6 Å². The number of rotatable bonds is 4. The minimum atomic E-state index is -4.54. The molecule has 2 N–H and O–H groups in total. The van der Waals surface area contributed by atoms with Crippen molar-refractivity contribution >= 4 is 17.5 Å². The third-order valence-electron chi connectivity index (χ3n) is 3.80. The van der Waals surface area contributed by atoms with Crippen molar-refractivity contribution in [3.63, 3.8) is 0 Å². The van der Waals surface area contributed by atoms with Gasteiger partial charge in [0.05, 0.1) is 6.04 Å². The van der Waals surface area contributed by atoms with Gasteiger partial charge in [0.15, 0.2) is 5.82 Å². The van der Waals surface area contributed by atoms with Crippen molar-refractivity contribution in [3.8, 4) is 11.5 Å². The number of aromatic nitrogens is 3. The van der Waals surface area contributed by atoms with Crippen molar-refractivity contribution in [2.75, 3.05) is 10.6 Å². The highest BCUT2D eigenvalue weighted by atomic mass is 19.4. The lowest BCUT2D eigenvalue weighted by Gasteiger charge is -2.16. The molecule has 0 aliphatic carbocycles. The number of anilines is 2. The van der Waals surface area contributed by atoms with Crippen molar-refractivity contribution in [2.45, 2.75) is 45.5 Å². The van der Waals surface area contributed by atoms with Gasteiger partial charge in [-0.15, -0.1) is 0 Å². The summed E-state index contributed by atoms with van der Waals surface area (Å²) < 4.78 is 39.0. The Labute approximate surface area is 161 Å². The fraction of sp³-hybridized carbons (Fsp3) is 0.368. The molecule has 28 heavy (non-hydrogen) atoms. The Balaban J connectivity index is 2.00. The summed E-state index contributed by atoms with van der Waals surface area (Å²) in [4.78, 5) is 16.8. The first kappa shape index (κ1) is 19.8. The Bertz CT molecular complexity index is 905. The van der Waals surface area contributed by atoms with Gasteiger partial charge < -0.3 is 10.6 Å². The minimum absolute atomic E-state index is 0.0415. The maximum Gasteiger partial charge on any atom is 0.433 e. The third-order valence-corrected chi connectivity index (χ3v) is 3.80. The number of pyridine rings is 1. The Kier molecular flexibility index (Phi) is 5.62. The van der Waals surface area contributed by atoms with Gasteiger partial charge in [-0.05, 0) is 45.4 Å². The molecule has 3 heterocycles. The zero-order valence-corrected chi connectivity index (χ0v) is 15.7.